The summed E-state index contributed by atoms with van der Waals surface area (Å²) in [6.45, 7) is 1.97. The van der Waals surface area contributed by atoms with E-state index in [9.17, 15) is 4.79 Å². The molecule has 0 saturated carbocycles. The Morgan fingerprint density at radius 2 is 2.22 bits per heavy atom. The van der Waals surface area contributed by atoms with Crippen molar-refractivity contribution < 1.29 is 14.3 Å². The number of thiophene rings is 1. The van der Waals surface area contributed by atoms with Crippen LogP contribution in [-0.4, -0.2) is 16.1 Å². The second-order valence-electron chi connectivity index (χ2n) is 3.95. The molecule has 0 radical (unpaired) electrons. The van der Waals surface area contributed by atoms with Crippen molar-refractivity contribution in [3.63, 3.8) is 0 Å². The zero-order chi connectivity index (χ0) is 12.7. The van der Waals surface area contributed by atoms with Crippen molar-refractivity contribution in [3.05, 3.63) is 40.1 Å². The molecule has 1 aromatic carbocycles. The molecular weight excluding hydrogens is 250 g/mol. The highest BCUT2D eigenvalue weighted by molar-refractivity contribution is 7.08. The maximum atomic E-state index is 11.1. The van der Waals surface area contributed by atoms with Crippen LogP contribution in [0.25, 0.3) is 22.6 Å². The second kappa shape index (κ2) is 3.96. The summed E-state index contributed by atoms with van der Waals surface area (Å²) in [5.41, 5.74) is 3.01. The molecule has 2 heterocycles. The molecular formula is C13H9NO3S. The normalized spacial score (nSPS) is 10.9. The molecule has 0 aliphatic carbocycles. The lowest BCUT2D eigenvalue weighted by molar-refractivity contribution is 0.0698. The van der Waals surface area contributed by atoms with Gasteiger partial charge in [-0.2, -0.15) is 11.3 Å². The van der Waals surface area contributed by atoms with E-state index >= 15 is 0 Å². The van der Waals surface area contributed by atoms with Crippen LogP contribution >= 0.6 is 11.3 Å². The fraction of sp³-hybridized carbons (Fsp3) is 0.0769. The first-order valence-electron chi connectivity index (χ1n) is 5.33. The molecule has 0 fully saturated rings. The number of carboxylic acids is 1. The van der Waals surface area contributed by atoms with Gasteiger partial charge >= 0.3 is 5.97 Å². The number of aromatic nitrogens is 1. The van der Waals surface area contributed by atoms with Crippen molar-refractivity contribution in [2.75, 3.05) is 0 Å². The Labute approximate surface area is 107 Å². The lowest BCUT2D eigenvalue weighted by Crippen LogP contribution is -1.95. The number of para-hydroxylation sites is 1. The monoisotopic (exact) mass is 259 g/mol. The minimum absolute atomic E-state index is 0.138. The summed E-state index contributed by atoms with van der Waals surface area (Å²) in [4.78, 5) is 15.4. The van der Waals surface area contributed by atoms with Crippen molar-refractivity contribution in [1.29, 1.82) is 0 Å². The minimum Gasteiger partial charge on any atom is -0.478 e. The summed E-state index contributed by atoms with van der Waals surface area (Å²) in [6.07, 6.45) is 0. The van der Waals surface area contributed by atoms with Gasteiger partial charge in [0.1, 0.15) is 11.1 Å². The molecule has 0 aliphatic heterocycles. The number of nitrogens with zero attached hydrogens (tertiary/aromatic N) is 1. The van der Waals surface area contributed by atoms with E-state index in [2.05, 4.69) is 4.98 Å². The van der Waals surface area contributed by atoms with E-state index in [0.717, 1.165) is 11.1 Å². The molecule has 18 heavy (non-hydrogen) atoms. The standard InChI is InChI=1S/C13H9NO3S/c1-7-5-18-6-9(7)12-14-10-4-2-3-8(13(15)16)11(10)17-12/h2-6H,1H3,(H,15,16). The van der Waals surface area contributed by atoms with E-state index in [1.54, 1.807) is 23.5 Å². The molecule has 0 atom stereocenters. The first kappa shape index (κ1) is 11.0. The first-order valence-corrected chi connectivity index (χ1v) is 6.27. The molecule has 90 valence electrons. The largest absolute Gasteiger partial charge is 0.478 e. The first-order chi connectivity index (χ1) is 8.66. The number of carboxylic acid groups (broad SMARTS) is 1. The predicted octanol–water partition coefficient (Wildman–Crippen LogP) is 3.56. The van der Waals surface area contributed by atoms with E-state index in [1.807, 2.05) is 17.7 Å². The third-order valence-corrected chi connectivity index (χ3v) is 3.59. The van der Waals surface area contributed by atoms with E-state index in [0.29, 0.717) is 17.0 Å². The van der Waals surface area contributed by atoms with Crippen LogP contribution in [0.3, 0.4) is 0 Å². The molecule has 4 nitrogen and oxygen atoms in total. The number of benzene rings is 1. The fourth-order valence-electron chi connectivity index (χ4n) is 1.81. The third kappa shape index (κ3) is 1.60. The zero-order valence-electron chi connectivity index (χ0n) is 9.51. The van der Waals surface area contributed by atoms with Crippen LogP contribution in [0, 0.1) is 6.92 Å². The number of oxazole rings is 1. The Hall–Kier alpha value is -2.14. The highest BCUT2D eigenvalue weighted by atomic mass is 32.1. The number of fused-ring (bicyclic) bond motifs is 1. The van der Waals surface area contributed by atoms with Gasteiger partial charge in [-0.1, -0.05) is 6.07 Å². The average Bonchev–Trinajstić information content (AvgIpc) is 2.92. The molecule has 0 bridgehead atoms. The van der Waals surface area contributed by atoms with Gasteiger partial charge < -0.3 is 9.52 Å². The average molecular weight is 259 g/mol. The van der Waals surface area contributed by atoms with E-state index < -0.39 is 5.97 Å². The molecule has 2 aromatic heterocycles. The van der Waals surface area contributed by atoms with Crippen LogP contribution in [0.4, 0.5) is 0 Å². The van der Waals surface area contributed by atoms with E-state index in [1.165, 1.54) is 6.07 Å². The van der Waals surface area contributed by atoms with Gasteiger partial charge in [-0.05, 0) is 30.0 Å². The van der Waals surface area contributed by atoms with Crippen LogP contribution in [0.15, 0.2) is 33.4 Å². The van der Waals surface area contributed by atoms with Crippen molar-refractivity contribution >= 4 is 28.4 Å². The number of aromatic carboxylic acids is 1. The summed E-state index contributed by atoms with van der Waals surface area (Å²) in [5.74, 6) is -0.539. The predicted molar refractivity (Wildman–Crippen MR) is 69.0 cm³/mol. The Bertz CT molecular complexity index is 742. The number of hydrogen-bond donors (Lipinski definition) is 1. The highest BCUT2D eigenvalue weighted by Gasteiger charge is 2.16. The smallest absolute Gasteiger partial charge is 0.339 e. The summed E-state index contributed by atoms with van der Waals surface area (Å²) in [5, 5.41) is 13.0. The fourth-order valence-corrected chi connectivity index (χ4v) is 2.63. The highest BCUT2D eigenvalue weighted by Crippen LogP contribution is 2.30. The van der Waals surface area contributed by atoms with Crippen molar-refractivity contribution in [1.82, 2.24) is 4.98 Å². The van der Waals surface area contributed by atoms with Crippen molar-refractivity contribution in [2.24, 2.45) is 0 Å². The van der Waals surface area contributed by atoms with Crippen molar-refractivity contribution in [2.45, 2.75) is 6.92 Å². The quantitative estimate of drug-likeness (QED) is 0.764. The van der Waals surface area contributed by atoms with Gasteiger partial charge in [0.15, 0.2) is 5.58 Å². The maximum Gasteiger partial charge on any atom is 0.339 e. The summed E-state index contributed by atoms with van der Waals surface area (Å²) < 4.78 is 5.60. The summed E-state index contributed by atoms with van der Waals surface area (Å²) in [6, 6.07) is 4.93. The maximum absolute atomic E-state index is 11.1. The summed E-state index contributed by atoms with van der Waals surface area (Å²) in [7, 11) is 0. The zero-order valence-corrected chi connectivity index (χ0v) is 10.3. The van der Waals surface area contributed by atoms with E-state index in [-0.39, 0.29) is 5.56 Å². The topological polar surface area (TPSA) is 63.3 Å². The van der Waals surface area contributed by atoms with Gasteiger partial charge in [0.2, 0.25) is 5.89 Å². The molecule has 0 saturated heterocycles. The Morgan fingerprint density at radius 1 is 1.39 bits per heavy atom. The number of carbonyl (C=O) groups is 1. The SMILES string of the molecule is Cc1cscc1-c1nc2cccc(C(=O)O)c2o1. The number of aryl methyl sites for hydroxylation is 1. The van der Waals surface area contributed by atoms with Gasteiger partial charge in [0, 0.05) is 5.38 Å². The molecule has 3 rings (SSSR count). The van der Waals surface area contributed by atoms with Crippen LogP contribution in [0.5, 0.6) is 0 Å². The molecule has 0 aliphatic rings. The number of hydrogen-bond acceptors (Lipinski definition) is 4. The molecule has 3 aromatic rings. The molecule has 0 amide bonds. The second-order valence-corrected chi connectivity index (χ2v) is 4.69. The van der Waals surface area contributed by atoms with E-state index in [4.69, 9.17) is 9.52 Å². The Kier molecular flexibility index (Phi) is 2.41. The third-order valence-electron chi connectivity index (χ3n) is 2.73. The lowest BCUT2D eigenvalue weighted by Gasteiger charge is -1.93. The Balaban J connectivity index is 2.26. The van der Waals surface area contributed by atoms with Gasteiger partial charge in [-0.25, -0.2) is 9.78 Å². The minimum atomic E-state index is -1.01. The van der Waals surface area contributed by atoms with Crippen LogP contribution < -0.4 is 0 Å². The number of rotatable bonds is 2. The van der Waals surface area contributed by atoms with Crippen LogP contribution in [0.1, 0.15) is 15.9 Å². The molecule has 1 N–H and O–H groups in total. The van der Waals surface area contributed by atoms with Gasteiger partial charge in [-0.15, -0.1) is 0 Å². The molecule has 0 unspecified atom stereocenters. The van der Waals surface area contributed by atoms with Gasteiger partial charge in [-0.3, -0.25) is 0 Å². The van der Waals surface area contributed by atoms with Crippen molar-refractivity contribution in [3.8, 4) is 11.5 Å². The molecule has 5 heteroatoms. The van der Waals surface area contributed by atoms with Gasteiger partial charge in [0.05, 0.1) is 5.56 Å². The van der Waals surface area contributed by atoms with Gasteiger partial charge in [0.25, 0.3) is 0 Å². The lowest BCUT2D eigenvalue weighted by atomic mass is 10.2. The van der Waals surface area contributed by atoms with Crippen LogP contribution in [-0.2, 0) is 0 Å². The van der Waals surface area contributed by atoms with Crippen LogP contribution in [0.2, 0.25) is 0 Å². The molecule has 0 spiro atoms. The Morgan fingerprint density at radius 3 is 2.89 bits per heavy atom. The summed E-state index contributed by atoms with van der Waals surface area (Å²) >= 11 is 1.57.